The van der Waals surface area contributed by atoms with Gasteiger partial charge in [0.2, 0.25) is 5.95 Å². The summed E-state index contributed by atoms with van der Waals surface area (Å²) in [7, 11) is 0. The van der Waals surface area contributed by atoms with Crippen molar-refractivity contribution in [3.63, 3.8) is 0 Å². The van der Waals surface area contributed by atoms with E-state index in [1.807, 2.05) is 12.1 Å². The summed E-state index contributed by atoms with van der Waals surface area (Å²) in [5.74, 6) is 0.807. The van der Waals surface area contributed by atoms with Crippen LogP contribution < -0.4 is 21.1 Å². The van der Waals surface area contributed by atoms with Crippen LogP contribution in [0.25, 0.3) is 0 Å². The standard InChI is InChI=1S/C24H27BrN8O2/c1-17(15-26)33-8-2-3-21(23(33)35)29-22-20(25)16-27-24(30-22)28-18-4-6-19(7-5-18)32-11-9-31(10-12-32)13-14-34/h2-8,16-17,34H,9-14H2,1H3,(H2,27,28,29,30)/t17-/m0/s1. The number of hydrogen-bond donors (Lipinski definition) is 3. The molecule has 3 aromatic rings. The highest BCUT2D eigenvalue weighted by Gasteiger charge is 2.17. The lowest BCUT2D eigenvalue weighted by Crippen LogP contribution is -2.47. The molecular formula is C24H27BrN8O2. The van der Waals surface area contributed by atoms with Crippen molar-refractivity contribution in [3.05, 3.63) is 63.6 Å². The van der Waals surface area contributed by atoms with Crippen molar-refractivity contribution in [1.29, 1.82) is 5.26 Å². The largest absolute Gasteiger partial charge is 0.395 e. The normalized spacial score (nSPS) is 14.9. The number of rotatable bonds is 8. The van der Waals surface area contributed by atoms with Crippen LogP contribution in [0, 0.1) is 11.3 Å². The van der Waals surface area contributed by atoms with E-state index in [0.717, 1.165) is 44.1 Å². The molecule has 0 aliphatic carbocycles. The van der Waals surface area contributed by atoms with Crippen LogP contribution in [0.4, 0.5) is 28.8 Å². The topological polar surface area (TPSA) is 122 Å². The molecule has 0 unspecified atom stereocenters. The maximum Gasteiger partial charge on any atom is 0.275 e. The Kier molecular flexibility index (Phi) is 7.97. The molecule has 1 aliphatic heterocycles. The number of pyridine rings is 1. The number of anilines is 5. The Morgan fingerprint density at radius 3 is 2.60 bits per heavy atom. The SMILES string of the molecule is C[C@@H](C#N)n1cccc(Nc2nc(Nc3ccc(N4CCN(CCO)CC4)cc3)ncc2Br)c1=O. The molecule has 3 N–H and O–H groups in total. The summed E-state index contributed by atoms with van der Waals surface area (Å²) >= 11 is 3.43. The summed E-state index contributed by atoms with van der Waals surface area (Å²) < 4.78 is 1.96. The number of nitrogens with zero attached hydrogens (tertiary/aromatic N) is 6. The second-order valence-corrected chi connectivity index (χ2v) is 9.03. The van der Waals surface area contributed by atoms with Crippen molar-refractivity contribution in [1.82, 2.24) is 19.4 Å². The maximum atomic E-state index is 12.7. The van der Waals surface area contributed by atoms with Gasteiger partial charge in [-0.15, -0.1) is 0 Å². The van der Waals surface area contributed by atoms with Gasteiger partial charge in [0, 0.05) is 56.5 Å². The van der Waals surface area contributed by atoms with Crippen molar-refractivity contribution >= 4 is 44.8 Å². The van der Waals surface area contributed by atoms with Crippen molar-refractivity contribution < 1.29 is 5.11 Å². The van der Waals surface area contributed by atoms with Crippen LogP contribution in [0.3, 0.4) is 0 Å². The quantitative estimate of drug-likeness (QED) is 0.397. The number of nitrogens with one attached hydrogen (secondary N) is 2. The summed E-state index contributed by atoms with van der Waals surface area (Å²) in [4.78, 5) is 26.2. The van der Waals surface area contributed by atoms with Crippen molar-refractivity contribution in [2.75, 3.05) is 54.9 Å². The lowest BCUT2D eigenvalue weighted by Gasteiger charge is -2.35. The van der Waals surface area contributed by atoms with E-state index < -0.39 is 6.04 Å². The van der Waals surface area contributed by atoms with E-state index in [1.165, 1.54) is 4.57 Å². The molecule has 3 heterocycles. The molecule has 0 saturated carbocycles. The van der Waals surface area contributed by atoms with E-state index in [-0.39, 0.29) is 12.2 Å². The zero-order valence-electron chi connectivity index (χ0n) is 19.4. The number of aliphatic hydroxyl groups excluding tert-OH is 1. The van der Waals surface area contributed by atoms with E-state index in [2.05, 4.69) is 64.5 Å². The van der Waals surface area contributed by atoms with Gasteiger partial charge in [-0.2, -0.15) is 10.2 Å². The third-order valence-corrected chi connectivity index (χ3v) is 6.43. The molecule has 10 nitrogen and oxygen atoms in total. The molecule has 1 aromatic carbocycles. The zero-order valence-corrected chi connectivity index (χ0v) is 20.9. The Bertz CT molecular complexity index is 1250. The summed E-state index contributed by atoms with van der Waals surface area (Å²) in [6.07, 6.45) is 3.19. The van der Waals surface area contributed by atoms with Gasteiger partial charge in [-0.3, -0.25) is 14.3 Å². The van der Waals surface area contributed by atoms with Gasteiger partial charge in [0.1, 0.15) is 11.7 Å². The Hall–Kier alpha value is -3.46. The van der Waals surface area contributed by atoms with Gasteiger partial charge < -0.3 is 20.6 Å². The van der Waals surface area contributed by atoms with E-state index in [4.69, 9.17) is 10.4 Å². The summed E-state index contributed by atoms with van der Waals surface area (Å²) in [6.45, 7) is 6.30. The second kappa shape index (κ2) is 11.3. The molecule has 1 fully saturated rings. The van der Waals surface area contributed by atoms with Crippen LogP contribution in [0.1, 0.15) is 13.0 Å². The van der Waals surface area contributed by atoms with Crippen LogP contribution in [0.5, 0.6) is 0 Å². The number of piperazine rings is 1. The fourth-order valence-corrected chi connectivity index (χ4v) is 4.16. The molecule has 2 aromatic heterocycles. The first-order chi connectivity index (χ1) is 17.0. The predicted octanol–water partition coefficient (Wildman–Crippen LogP) is 3.09. The van der Waals surface area contributed by atoms with Crippen LogP contribution in [0.15, 0.2) is 58.1 Å². The first kappa shape index (κ1) is 24.7. The minimum absolute atomic E-state index is 0.194. The van der Waals surface area contributed by atoms with Gasteiger partial charge in [-0.1, -0.05) is 0 Å². The third-order valence-electron chi connectivity index (χ3n) is 5.85. The average Bonchev–Trinajstić information content (AvgIpc) is 2.88. The molecule has 1 atom stereocenters. The van der Waals surface area contributed by atoms with Crippen LogP contribution >= 0.6 is 15.9 Å². The van der Waals surface area contributed by atoms with Gasteiger partial charge in [0.15, 0.2) is 5.82 Å². The highest BCUT2D eigenvalue weighted by Crippen LogP contribution is 2.25. The number of nitriles is 1. The first-order valence-electron chi connectivity index (χ1n) is 11.3. The Morgan fingerprint density at radius 1 is 1.17 bits per heavy atom. The molecule has 0 radical (unpaired) electrons. The smallest absolute Gasteiger partial charge is 0.275 e. The van der Waals surface area contributed by atoms with Gasteiger partial charge in [-0.25, -0.2) is 4.98 Å². The summed E-state index contributed by atoms with van der Waals surface area (Å²) in [5, 5.41) is 24.5. The first-order valence-corrected chi connectivity index (χ1v) is 12.1. The molecular weight excluding hydrogens is 512 g/mol. The van der Waals surface area contributed by atoms with Crippen LogP contribution in [0.2, 0.25) is 0 Å². The van der Waals surface area contributed by atoms with E-state index >= 15 is 0 Å². The fraction of sp³-hybridized carbons (Fsp3) is 0.333. The number of aliphatic hydroxyl groups is 1. The van der Waals surface area contributed by atoms with Crippen LogP contribution in [-0.2, 0) is 0 Å². The lowest BCUT2D eigenvalue weighted by molar-refractivity contribution is 0.189. The van der Waals surface area contributed by atoms with Crippen molar-refractivity contribution in [2.45, 2.75) is 13.0 Å². The lowest BCUT2D eigenvalue weighted by atomic mass is 10.2. The number of halogens is 1. The van der Waals surface area contributed by atoms with Crippen molar-refractivity contribution in [3.8, 4) is 6.07 Å². The minimum atomic E-state index is -0.581. The second-order valence-electron chi connectivity index (χ2n) is 8.18. The molecule has 11 heteroatoms. The molecule has 0 amide bonds. The van der Waals surface area contributed by atoms with Crippen molar-refractivity contribution in [2.24, 2.45) is 0 Å². The maximum absolute atomic E-state index is 12.7. The summed E-state index contributed by atoms with van der Waals surface area (Å²) in [6, 6.07) is 12.9. The number of hydrogen-bond acceptors (Lipinski definition) is 9. The Labute approximate surface area is 212 Å². The van der Waals surface area contributed by atoms with Gasteiger partial charge in [0.05, 0.1) is 17.1 Å². The van der Waals surface area contributed by atoms with Gasteiger partial charge >= 0.3 is 0 Å². The predicted molar refractivity (Wildman–Crippen MR) is 140 cm³/mol. The molecule has 0 bridgehead atoms. The fourth-order valence-electron chi connectivity index (χ4n) is 3.87. The number of β-amino-alcohol motifs (C(OH)–C–C–N with tert-alkyl or cyclic N) is 1. The zero-order chi connectivity index (χ0) is 24.8. The third kappa shape index (κ3) is 5.97. The average molecular weight is 539 g/mol. The number of benzene rings is 1. The minimum Gasteiger partial charge on any atom is -0.395 e. The van der Waals surface area contributed by atoms with E-state index in [0.29, 0.717) is 21.9 Å². The summed E-state index contributed by atoms with van der Waals surface area (Å²) in [5.41, 5.74) is 1.98. The molecule has 1 aliphatic rings. The number of aromatic nitrogens is 3. The van der Waals surface area contributed by atoms with E-state index in [9.17, 15) is 4.79 Å². The molecule has 0 spiro atoms. The van der Waals surface area contributed by atoms with Gasteiger partial charge in [0.25, 0.3) is 5.56 Å². The Balaban J connectivity index is 1.44. The monoisotopic (exact) mass is 538 g/mol. The van der Waals surface area contributed by atoms with Crippen LogP contribution in [-0.4, -0.2) is 63.9 Å². The molecule has 4 rings (SSSR count). The molecule has 1 saturated heterocycles. The van der Waals surface area contributed by atoms with E-state index in [1.54, 1.807) is 31.5 Å². The molecule has 35 heavy (non-hydrogen) atoms. The highest BCUT2D eigenvalue weighted by atomic mass is 79.9. The highest BCUT2D eigenvalue weighted by molar-refractivity contribution is 9.10. The Morgan fingerprint density at radius 2 is 1.91 bits per heavy atom. The molecule has 182 valence electrons. The van der Waals surface area contributed by atoms with Gasteiger partial charge in [-0.05, 0) is 59.3 Å².